The zero-order valence-corrected chi connectivity index (χ0v) is 12.3. The molecule has 2 rings (SSSR count). The van der Waals surface area contributed by atoms with Gasteiger partial charge >= 0.3 is 5.97 Å². The van der Waals surface area contributed by atoms with Crippen molar-refractivity contribution in [1.29, 1.82) is 0 Å². The van der Waals surface area contributed by atoms with Gasteiger partial charge in [0, 0.05) is 0 Å². The molecular formula is C12H12BrNO3S. The largest absolute Gasteiger partial charge is 0.477 e. The molecule has 0 aromatic carbocycles. The number of hydrogen-bond donors (Lipinski definition) is 1. The van der Waals surface area contributed by atoms with Gasteiger partial charge in [-0.2, -0.15) is 0 Å². The molecule has 0 radical (unpaired) electrons. The van der Waals surface area contributed by atoms with Gasteiger partial charge in [0.2, 0.25) is 0 Å². The van der Waals surface area contributed by atoms with E-state index in [1.165, 1.54) is 0 Å². The second-order valence-electron chi connectivity index (χ2n) is 4.30. The molecule has 6 heteroatoms. The lowest BCUT2D eigenvalue weighted by Crippen LogP contribution is -2.02. The average molecular weight is 330 g/mol. The van der Waals surface area contributed by atoms with Crippen molar-refractivity contribution in [2.45, 2.75) is 20.3 Å². The van der Waals surface area contributed by atoms with Gasteiger partial charge in [-0.05, 0) is 40.4 Å². The maximum Gasteiger partial charge on any atom is 0.347 e. The van der Waals surface area contributed by atoms with E-state index in [1.54, 1.807) is 12.1 Å². The first kappa shape index (κ1) is 13.3. The summed E-state index contributed by atoms with van der Waals surface area (Å²) in [4.78, 5) is 15.9. The lowest BCUT2D eigenvalue weighted by molar-refractivity contribution is 0.0700. The lowest BCUT2D eigenvalue weighted by Gasteiger charge is -2.01. The SMILES string of the molecule is CC(C)Cc1nc(-c2ccc(Br)o2)sc1C(=O)O. The molecule has 0 fully saturated rings. The Bertz CT molecular complexity index is 574. The van der Waals surface area contributed by atoms with Crippen LogP contribution < -0.4 is 0 Å². The van der Waals surface area contributed by atoms with E-state index < -0.39 is 5.97 Å². The summed E-state index contributed by atoms with van der Waals surface area (Å²) in [5.41, 5.74) is 0.630. The van der Waals surface area contributed by atoms with Gasteiger partial charge < -0.3 is 9.52 Å². The third-order valence-electron chi connectivity index (χ3n) is 2.28. The van der Waals surface area contributed by atoms with Crippen molar-refractivity contribution < 1.29 is 14.3 Å². The van der Waals surface area contributed by atoms with E-state index in [4.69, 9.17) is 4.42 Å². The van der Waals surface area contributed by atoms with E-state index in [9.17, 15) is 9.90 Å². The molecule has 0 aliphatic rings. The van der Waals surface area contributed by atoms with Crippen molar-refractivity contribution in [3.63, 3.8) is 0 Å². The number of furan rings is 1. The first-order valence-electron chi connectivity index (χ1n) is 5.46. The van der Waals surface area contributed by atoms with Gasteiger partial charge in [-0.3, -0.25) is 0 Å². The smallest absolute Gasteiger partial charge is 0.347 e. The molecule has 0 atom stereocenters. The number of thiazole rings is 1. The van der Waals surface area contributed by atoms with Crippen LogP contribution in [0.2, 0.25) is 0 Å². The molecule has 0 saturated heterocycles. The summed E-state index contributed by atoms with van der Waals surface area (Å²) in [6.07, 6.45) is 0.653. The summed E-state index contributed by atoms with van der Waals surface area (Å²) in [6, 6.07) is 3.53. The van der Waals surface area contributed by atoms with Crippen LogP contribution in [-0.4, -0.2) is 16.1 Å². The molecular weight excluding hydrogens is 318 g/mol. The van der Waals surface area contributed by atoms with Crippen LogP contribution in [0.25, 0.3) is 10.8 Å². The molecule has 2 heterocycles. The monoisotopic (exact) mass is 329 g/mol. The number of rotatable bonds is 4. The molecule has 0 amide bonds. The van der Waals surface area contributed by atoms with Crippen LogP contribution in [0.4, 0.5) is 0 Å². The Kier molecular flexibility index (Phi) is 3.87. The number of carboxylic acid groups (broad SMARTS) is 1. The van der Waals surface area contributed by atoms with Gasteiger partial charge in [-0.25, -0.2) is 9.78 Å². The van der Waals surface area contributed by atoms with Crippen molar-refractivity contribution in [3.8, 4) is 10.8 Å². The Balaban J connectivity index is 2.42. The van der Waals surface area contributed by atoms with Crippen molar-refractivity contribution in [2.75, 3.05) is 0 Å². The molecule has 96 valence electrons. The highest BCUT2D eigenvalue weighted by molar-refractivity contribution is 9.10. The van der Waals surface area contributed by atoms with Crippen LogP contribution in [0.1, 0.15) is 29.2 Å². The first-order valence-corrected chi connectivity index (χ1v) is 7.07. The van der Waals surface area contributed by atoms with E-state index >= 15 is 0 Å². The number of nitrogens with zero attached hydrogens (tertiary/aromatic N) is 1. The Morgan fingerprint density at radius 1 is 1.56 bits per heavy atom. The Morgan fingerprint density at radius 2 is 2.28 bits per heavy atom. The number of aromatic nitrogens is 1. The van der Waals surface area contributed by atoms with Crippen LogP contribution in [0.3, 0.4) is 0 Å². The highest BCUT2D eigenvalue weighted by atomic mass is 79.9. The van der Waals surface area contributed by atoms with E-state index in [0.717, 1.165) is 11.3 Å². The van der Waals surface area contributed by atoms with E-state index in [-0.39, 0.29) is 0 Å². The highest BCUT2D eigenvalue weighted by Crippen LogP contribution is 2.31. The van der Waals surface area contributed by atoms with Crippen molar-refractivity contribution in [2.24, 2.45) is 5.92 Å². The quantitative estimate of drug-likeness (QED) is 0.918. The Labute approximate surface area is 117 Å². The third kappa shape index (κ3) is 2.81. The van der Waals surface area contributed by atoms with Gasteiger partial charge in [0.05, 0.1) is 5.69 Å². The van der Waals surface area contributed by atoms with Crippen molar-refractivity contribution in [1.82, 2.24) is 4.98 Å². The number of hydrogen-bond acceptors (Lipinski definition) is 4. The lowest BCUT2D eigenvalue weighted by atomic mass is 10.1. The van der Waals surface area contributed by atoms with E-state index in [0.29, 0.717) is 38.3 Å². The molecule has 0 aliphatic heterocycles. The maximum absolute atomic E-state index is 11.2. The third-order valence-corrected chi connectivity index (χ3v) is 3.80. The average Bonchev–Trinajstić information content (AvgIpc) is 2.83. The van der Waals surface area contributed by atoms with Gasteiger partial charge in [0.25, 0.3) is 0 Å². The summed E-state index contributed by atoms with van der Waals surface area (Å²) in [6.45, 7) is 4.07. The minimum atomic E-state index is -0.931. The molecule has 0 saturated carbocycles. The van der Waals surface area contributed by atoms with Crippen molar-refractivity contribution in [3.05, 3.63) is 27.4 Å². The van der Waals surface area contributed by atoms with E-state index in [2.05, 4.69) is 20.9 Å². The fourth-order valence-corrected chi connectivity index (χ4v) is 2.78. The fraction of sp³-hybridized carbons (Fsp3) is 0.333. The first-order chi connectivity index (χ1) is 8.47. The van der Waals surface area contributed by atoms with Crippen LogP contribution in [0, 0.1) is 5.92 Å². The molecule has 2 aromatic heterocycles. The molecule has 0 bridgehead atoms. The molecule has 4 nitrogen and oxygen atoms in total. The molecule has 1 N–H and O–H groups in total. The van der Waals surface area contributed by atoms with Gasteiger partial charge in [-0.1, -0.05) is 13.8 Å². The summed E-state index contributed by atoms with van der Waals surface area (Å²) in [5, 5.41) is 9.78. The summed E-state index contributed by atoms with van der Waals surface area (Å²) in [7, 11) is 0. The second kappa shape index (κ2) is 5.24. The standard InChI is InChI=1S/C12H12BrNO3S/c1-6(2)5-7-10(12(15)16)18-11(14-7)8-3-4-9(13)17-8/h3-4,6H,5H2,1-2H3,(H,15,16). The second-order valence-corrected chi connectivity index (χ2v) is 6.08. The zero-order valence-electron chi connectivity index (χ0n) is 9.94. The predicted octanol–water partition coefficient (Wildman–Crippen LogP) is 4.06. The molecule has 2 aromatic rings. The number of halogens is 1. The highest BCUT2D eigenvalue weighted by Gasteiger charge is 2.20. The number of aromatic carboxylic acids is 1. The van der Waals surface area contributed by atoms with Gasteiger partial charge in [-0.15, -0.1) is 11.3 Å². The fourth-order valence-electron chi connectivity index (χ4n) is 1.58. The van der Waals surface area contributed by atoms with Crippen LogP contribution in [0.15, 0.2) is 21.2 Å². The summed E-state index contributed by atoms with van der Waals surface area (Å²) in [5.74, 6) is 0.0193. The summed E-state index contributed by atoms with van der Waals surface area (Å²) >= 11 is 4.37. The van der Waals surface area contributed by atoms with Crippen LogP contribution in [-0.2, 0) is 6.42 Å². The molecule has 0 spiro atoms. The molecule has 0 unspecified atom stereocenters. The minimum absolute atomic E-state index is 0.297. The van der Waals surface area contributed by atoms with Gasteiger partial charge in [0.1, 0.15) is 4.88 Å². The Morgan fingerprint density at radius 3 is 2.78 bits per heavy atom. The normalized spacial score (nSPS) is 11.1. The molecule has 18 heavy (non-hydrogen) atoms. The zero-order chi connectivity index (χ0) is 13.3. The maximum atomic E-state index is 11.2. The summed E-state index contributed by atoms with van der Waals surface area (Å²) < 4.78 is 6.00. The minimum Gasteiger partial charge on any atom is -0.477 e. The number of carboxylic acids is 1. The Hall–Kier alpha value is -1.14. The van der Waals surface area contributed by atoms with Gasteiger partial charge in [0.15, 0.2) is 15.4 Å². The number of carbonyl (C=O) groups is 1. The van der Waals surface area contributed by atoms with E-state index in [1.807, 2.05) is 13.8 Å². The topological polar surface area (TPSA) is 63.3 Å². The van der Waals surface area contributed by atoms with Crippen LogP contribution in [0.5, 0.6) is 0 Å². The van der Waals surface area contributed by atoms with Crippen LogP contribution >= 0.6 is 27.3 Å². The molecule has 0 aliphatic carbocycles. The predicted molar refractivity (Wildman–Crippen MR) is 73.0 cm³/mol. The van der Waals surface area contributed by atoms with Crippen molar-refractivity contribution >= 4 is 33.2 Å².